The molecule has 1 aliphatic carbocycles. The fraction of sp³-hybridized carbons (Fsp3) is 0.0172. The topological polar surface area (TPSA) is 57.1 Å². The maximum atomic E-state index is 6.93. The molecule has 0 fully saturated rings. The van der Waals surface area contributed by atoms with Crippen molar-refractivity contribution in [1.82, 2.24) is 15.0 Å². The second-order valence-corrected chi connectivity index (χ2v) is 17.4. The van der Waals surface area contributed by atoms with Gasteiger partial charge in [0.1, 0.15) is 0 Å². The van der Waals surface area contributed by atoms with Gasteiger partial charge in [-0.1, -0.05) is 176 Å². The lowest BCUT2D eigenvalue weighted by molar-refractivity contribution is 0.360. The Morgan fingerprint density at radius 2 is 0.938 bits per heavy atom. The highest BCUT2D eigenvalue weighted by Crippen LogP contribution is 2.62. The zero-order valence-corrected chi connectivity index (χ0v) is 35.1. The molecule has 64 heavy (non-hydrogen) atoms. The molecule has 0 radical (unpaired) electrons. The molecule has 1 aliphatic heterocycles. The minimum atomic E-state index is -0.532. The lowest BCUT2D eigenvalue weighted by Crippen LogP contribution is -2.28. The highest BCUT2D eigenvalue weighted by atomic mass is 32.1. The Morgan fingerprint density at radius 1 is 0.359 bits per heavy atom. The van der Waals surface area contributed by atoms with Gasteiger partial charge >= 0.3 is 0 Å². The van der Waals surface area contributed by atoms with Crippen LogP contribution in [0.1, 0.15) is 22.3 Å². The van der Waals surface area contributed by atoms with Crippen LogP contribution in [0.15, 0.2) is 212 Å². The molecule has 5 nitrogen and oxygen atoms in total. The third-order valence-corrected chi connectivity index (χ3v) is 13.8. The lowest BCUT2D eigenvalue weighted by Gasteiger charge is -2.34. The number of ether oxygens (including phenoxy) is 2. The summed E-state index contributed by atoms with van der Waals surface area (Å²) in [5.74, 6) is 4.59. The normalized spacial score (nSPS) is 13.1. The Labute approximate surface area is 373 Å². The van der Waals surface area contributed by atoms with Crippen LogP contribution >= 0.6 is 11.3 Å². The molecule has 0 atom stereocenters. The average molecular weight is 838 g/mol. The van der Waals surface area contributed by atoms with Crippen molar-refractivity contribution in [1.29, 1.82) is 0 Å². The van der Waals surface area contributed by atoms with Crippen LogP contribution in [0.5, 0.6) is 23.0 Å². The molecular weight excluding hydrogens is 803 g/mol. The summed E-state index contributed by atoms with van der Waals surface area (Å²) in [6, 6.07) is 74.3. The number of thiophene rings is 1. The first-order valence-corrected chi connectivity index (χ1v) is 22.2. The molecule has 11 aromatic rings. The fourth-order valence-electron chi connectivity index (χ4n) is 9.80. The molecule has 0 spiro atoms. The number of benzene rings is 9. The number of aromatic nitrogens is 3. The molecule has 9 aromatic carbocycles. The summed E-state index contributed by atoms with van der Waals surface area (Å²) in [5, 5.41) is 2.50. The molecule has 2 aromatic heterocycles. The summed E-state index contributed by atoms with van der Waals surface area (Å²) < 4.78 is 16.2. The molecule has 6 heteroatoms. The summed E-state index contributed by atoms with van der Waals surface area (Å²) >= 11 is 1.79. The van der Waals surface area contributed by atoms with Crippen molar-refractivity contribution in [3.63, 3.8) is 0 Å². The van der Waals surface area contributed by atoms with Crippen molar-refractivity contribution in [2.45, 2.75) is 5.41 Å². The van der Waals surface area contributed by atoms with Gasteiger partial charge in [0.2, 0.25) is 0 Å². The molecule has 0 saturated carbocycles. The first kappa shape index (κ1) is 36.5. The number of hydrogen-bond donors (Lipinski definition) is 0. The van der Waals surface area contributed by atoms with Crippen molar-refractivity contribution in [3.8, 4) is 79.4 Å². The minimum Gasteiger partial charge on any atom is -0.449 e. The summed E-state index contributed by atoms with van der Waals surface area (Å²) in [5.41, 5.74) is 11.2. The summed E-state index contributed by atoms with van der Waals surface area (Å²) in [7, 11) is 0. The van der Waals surface area contributed by atoms with Crippen LogP contribution in [0, 0.1) is 0 Å². The molecule has 0 amide bonds. The Balaban J connectivity index is 0.881. The molecule has 13 rings (SSSR count). The van der Waals surface area contributed by atoms with Crippen LogP contribution in [-0.4, -0.2) is 15.0 Å². The fourth-order valence-corrected chi connectivity index (χ4v) is 10.9. The number of fused-ring (bicyclic) bond motifs is 9. The molecule has 0 bridgehead atoms. The van der Waals surface area contributed by atoms with Crippen molar-refractivity contribution >= 4 is 31.5 Å². The zero-order valence-electron chi connectivity index (χ0n) is 34.3. The van der Waals surface area contributed by atoms with Crippen molar-refractivity contribution in [2.75, 3.05) is 0 Å². The highest BCUT2D eigenvalue weighted by Gasteiger charge is 2.48. The molecule has 0 saturated heterocycles. The van der Waals surface area contributed by atoms with Gasteiger partial charge in [0.25, 0.3) is 0 Å². The number of hydrogen-bond acceptors (Lipinski definition) is 6. The van der Waals surface area contributed by atoms with Gasteiger partial charge < -0.3 is 9.47 Å². The monoisotopic (exact) mass is 837 g/mol. The molecule has 0 N–H and O–H groups in total. The van der Waals surface area contributed by atoms with E-state index in [0.29, 0.717) is 34.7 Å². The van der Waals surface area contributed by atoms with Gasteiger partial charge in [0, 0.05) is 42.4 Å². The van der Waals surface area contributed by atoms with E-state index in [1.54, 1.807) is 11.3 Å². The van der Waals surface area contributed by atoms with Crippen molar-refractivity contribution < 1.29 is 9.47 Å². The van der Waals surface area contributed by atoms with Gasteiger partial charge in [-0.3, -0.25) is 0 Å². The quantitative estimate of drug-likeness (QED) is 0.167. The molecular formula is C58H35N3O2S. The van der Waals surface area contributed by atoms with E-state index in [4.69, 9.17) is 24.4 Å². The Hall–Kier alpha value is -8.19. The third kappa shape index (κ3) is 5.66. The van der Waals surface area contributed by atoms with E-state index >= 15 is 0 Å². The van der Waals surface area contributed by atoms with Crippen LogP contribution in [-0.2, 0) is 5.41 Å². The molecule has 3 heterocycles. The summed E-state index contributed by atoms with van der Waals surface area (Å²) in [4.78, 5) is 15.2. The van der Waals surface area contributed by atoms with Crippen LogP contribution in [0.3, 0.4) is 0 Å². The zero-order chi connectivity index (χ0) is 42.2. The second-order valence-electron chi connectivity index (χ2n) is 16.3. The molecule has 0 unspecified atom stereocenters. The Kier molecular flexibility index (Phi) is 8.23. The summed E-state index contributed by atoms with van der Waals surface area (Å²) in [6.45, 7) is 0. The van der Waals surface area contributed by atoms with Gasteiger partial charge in [-0.05, 0) is 75.3 Å². The van der Waals surface area contributed by atoms with Crippen LogP contribution in [0.25, 0.3) is 76.6 Å². The minimum absolute atomic E-state index is 0.532. The SMILES string of the molecule is c1ccc(-c2nc(-c3cccc(-c4ccc5c(c4)Oc4ccc6c(c4O5)-c4ccccc4C6(c4ccccc4)c4ccccc4)c3)nc(-c3ccc4c(c3)sc3ccccc34)n2)cc1. The van der Waals surface area contributed by atoms with Crippen LogP contribution in [0.4, 0.5) is 0 Å². The van der Waals surface area contributed by atoms with Gasteiger partial charge in [0.05, 0.1) is 5.41 Å². The standard InChI is InChI=1S/C58H35N3O2S/c1-4-15-36(16-5-1)55-59-56(61-57(60-55)40-27-29-44-43-23-11-13-26-51(43)64-52(44)35-40)39-18-14-17-37(33-39)38-28-31-48-50(34-38)62-49-32-30-47-53(54(49)63-48)45-24-10-12-25-46(45)58(47,41-19-6-2-7-20-41)42-21-8-3-9-22-42/h1-35H. The van der Waals surface area contributed by atoms with Crippen LogP contribution < -0.4 is 9.47 Å². The predicted molar refractivity (Wildman–Crippen MR) is 258 cm³/mol. The lowest BCUT2D eigenvalue weighted by atomic mass is 9.68. The van der Waals surface area contributed by atoms with E-state index in [9.17, 15) is 0 Å². The van der Waals surface area contributed by atoms with E-state index < -0.39 is 5.41 Å². The van der Waals surface area contributed by atoms with Crippen molar-refractivity contribution in [2.24, 2.45) is 0 Å². The number of rotatable bonds is 6. The summed E-state index contributed by atoms with van der Waals surface area (Å²) in [6.07, 6.45) is 0. The van der Waals surface area contributed by atoms with E-state index in [1.165, 1.54) is 42.4 Å². The highest BCUT2D eigenvalue weighted by molar-refractivity contribution is 7.25. The molecule has 300 valence electrons. The van der Waals surface area contributed by atoms with Gasteiger partial charge in [-0.2, -0.15) is 0 Å². The predicted octanol–water partition coefficient (Wildman–Crippen LogP) is 15.2. The van der Waals surface area contributed by atoms with E-state index in [1.807, 2.05) is 36.4 Å². The second kappa shape index (κ2) is 14.4. The molecule has 2 aliphatic rings. The van der Waals surface area contributed by atoms with E-state index in [2.05, 4.69) is 176 Å². The average Bonchev–Trinajstić information content (AvgIpc) is 3.90. The van der Waals surface area contributed by atoms with Gasteiger partial charge in [0.15, 0.2) is 40.5 Å². The first-order valence-electron chi connectivity index (χ1n) is 21.4. The van der Waals surface area contributed by atoms with E-state index in [0.717, 1.165) is 44.7 Å². The van der Waals surface area contributed by atoms with E-state index in [-0.39, 0.29) is 0 Å². The van der Waals surface area contributed by atoms with Gasteiger partial charge in [-0.15, -0.1) is 11.3 Å². The maximum Gasteiger partial charge on any atom is 0.178 e. The first-order chi connectivity index (χ1) is 31.7. The Morgan fingerprint density at radius 3 is 1.72 bits per heavy atom. The Bertz CT molecular complexity index is 3590. The van der Waals surface area contributed by atoms with Crippen LogP contribution in [0.2, 0.25) is 0 Å². The number of nitrogens with zero attached hydrogens (tertiary/aromatic N) is 3. The largest absolute Gasteiger partial charge is 0.449 e. The smallest absolute Gasteiger partial charge is 0.178 e. The van der Waals surface area contributed by atoms with Gasteiger partial charge in [-0.25, -0.2) is 15.0 Å². The maximum absolute atomic E-state index is 6.93. The third-order valence-electron chi connectivity index (χ3n) is 12.7. The van der Waals surface area contributed by atoms with Crippen molar-refractivity contribution in [3.05, 3.63) is 235 Å².